The van der Waals surface area contributed by atoms with Crippen molar-refractivity contribution in [1.82, 2.24) is 9.99 Å². The standard InChI is InChI=1S/C11H11N3O2/c1-14-6-8(11(16)13-12)10(15)7-4-2-3-5-9(7)14/h2-6H,12H2,1H3,(H,13,16). The number of pyridine rings is 1. The van der Waals surface area contributed by atoms with E-state index in [1.807, 2.05) is 17.6 Å². The number of nitrogens with zero attached hydrogens (tertiary/aromatic N) is 1. The number of nitrogens with two attached hydrogens (primary N) is 1. The first-order valence-electron chi connectivity index (χ1n) is 4.74. The fourth-order valence-electron chi connectivity index (χ4n) is 1.68. The Labute approximate surface area is 91.5 Å². The van der Waals surface area contributed by atoms with Crippen LogP contribution < -0.4 is 16.7 Å². The van der Waals surface area contributed by atoms with Crippen molar-refractivity contribution in [3.63, 3.8) is 0 Å². The summed E-state index contributed by atoms with van der Waals surface area (Å²) in [5.41, 5.74) is 2.48. The van der Waals surface area contributed by atoms with Crippen molar-refractivity contribution >= 4 is 16.8 Å². The molecule has 0 atom stereocenters. The van der Waals surface area contributed by atoms with Gasteiger partial charge in [0.05, 0.1) is 5.52 Å². The number of amides is 1. The number of hydrogen-bond acceptors (Lipinski definition) is 3. The van der Waals surface area contributed by atoms with Crippen LogP contribution in [0.15, 0.2) is 35.3 Å². The molecule has 1 amide bonds. The molecule has 1 aromatic heterocycles. The average Bonchev–Trinajstić information content (AvgIpc) is 2.33. The number of fused-ring (bicyclic) bond motifs is 1. The molecule has 2 rings (SSSR count). The van der Waals surface area contributed by atoms with Crippen LogP contribution in [0.1, 0.15) is 10.4 Å². The van der Waals surface area contributed by atoms with E-state index in [1.165, 1.54) is 6.20 Å². The predicted molar refractivity (Wildman–Crippen MR) is 60.8 cm³/mol. The Morgan fingerprint density at radius 3 is 2.75 bits per heavy atom. The second-order valence-corrected chi connectivity index (χ2v) is 3.47. The number of rotatable bonds is 1. The molecule has 16 heavy (non-hydrogen) atoms. The third-order valence-corrected chi connectivity index (χ3v) is 2.47. The number of carbonyl (C=O) groups excluding carboxylic acids is 1. The monoisotopic (exact) mass is 217 g/mol. The minimum atomic E-state index is -0.577. The van der Waals surface area contributed by atoms with E-state index >= 15 is 0 Å². The van der Waals surface area contributed by atoms with Crippen LogP contribution in [0.2, 0.25) is 0 Å². The number of carbonyl (C=O) groups is 1. The van der Waals surface area contributed by atoms with Gasteiger partial charge >= 0.3 is 0 Å². The molecule has 0 aliphatic carbocycles. The lowest BCUT2D eigenvalue weighted by molar-refractivity contribution is 0.0952. The highest BCUT2D eigenvalue weighted by atomic mass is 16.2. The fraction of sp³-hybridized carbons (Fsp3) is 0.0909. The van der Waals surface area contributed by atoms with E-state index in [4.69, 9.17) is 5.84 Å². The first-order valence-corrected chi connectivity index (χ1v) is 4.74. The Kier molecular flexibility index (Phi) is 2.46. The molecule has 0 aliphatic rings. The molecule has 0 saturated heterocycles. The minimum Gasteiger partial charge on any atom is -0.350 e. The largest absolute Gasteiger partial charge is 0.350 e. The van der Waals surface area contributed by atoms with E-state index in [-0.39, 0.29) is 11.0 Å². The van der Waals surface area contributed by atoms with Gasteiger partial charge in [-0.15, -0.1) is 0 Å². The Morgan fingerprint density at radius 1 is 1.38 bits per heavy atom. The summed E-state index contributed by atoms with van der Waals surface area (Å²) in [5.74, 6) is 4.44. The van der Waals surface area contributed by atoms with Gasteiger partial charge in [0, 0.05) is 18.6 Å². The molecule has 0 radical (unpaired) electrons. The van der Waals surface area contributed by atoms with Crippen molar-refractivity contribution in [3.05, 3.63) is 46.2 Å². The van der Waals surface area contributed by atoms with Crippen LogP contribution in [0, 0.1) is 0 Å². The predicted octanol–water partition coefficient (Wildman–Crippen LogP) is 0.142. The minimum absolute atomic E-state index is 0.0451. The molecule has 0 bridgehead atoms. The van der Waals surface area contributed by atoms with Crippen LogP contribution in [0.3, 0.4) is 0 Å². The van der Waals surface area contributed by atoms with Gasteiger partial charge in [-0.2, -0.15) is 0 Å². The number of hydrogen-bond donors (Lipinski definition) is 2. The quantitative estimate of drug-likeness (QED) is 0.405. The maximum absolute atomic E-state index is 12.0. The van der Waals surface area contributed by atoms with Crippen molar-refractivity contribution in [2.45, 2.75) is 0 Å². The van der Waals surface area contributed by atoms with Crippen LogP contribution >= 0.6 is 0 Å². The van der Waals surface area contributed by atoms with Crippen LogP contribution in [0.5, 0.6) is 0 Å². The Morgan fingerprint density at radius 2 is 2.06 bits per heavy atom. The Bertz CT molecular complexity index is 616. The van der Waals surface area contributed by atoms with Crippen LogP contribution in [-0.4, -0.2) is 10.5 Å². The zero-order valence-corrected chi connectivity index (χ0v) is 8.73. The molecular weight excluding hydrogens is 206 g/mol. The average molecular weight is 217 g/mol. The zero-order valence-electron chi connectivity index (χ0n) is 8.73. The highest BCUT2D eigenvalue weighted by Crippen LogP contribution is 2.09. The maximum atomic E-state index is 12.0. The van der Waals surface area contributed by atoms with Gasteiger partial charge in [0.2, 0.25) is 5.43 Å². The van der Waals surface area contributed by atoms with Gasteiger partial charge in [0.25, 0.3) is 5.91 Å². The first-order chi connectivity index (χ1) is 7.65. The SMILES string of the molecule is Cn1cc(C(=O)NN)c(=O)c2ccccc21. The Balaban J connectivity index is 2.86. The highest BCUT2D eigenvalue weighted by molar-refractivity contribution is 5.96. The van der Waals surface area contributed by atoms with E-state index in [2.05, 4.69) is 0 Å². The topological polar surface area (TPSA) is 77.1 Å². The lowest BCUT2D eigenvalue weighted by Crippen LogP contribution is -2.34. The normalized spacial score (nSPS) is 10.4. The van der Waals surface area contributed by atoms with Gasteiger partial charge in [-0.25, -0.2) is 5.84 Å². The van der Waals surface area contributed by atoms with Gasteiger partial charge in [0.1, 0.15) is 5.56 Å². The van der Waals surface area contributed by atoms with E-state index < -0.39 is 5.91 Å². The summed E-state index contributed by atoms with van der Waals surface area (Å²) in [4.78, 5) is 23.3. The third kappa shape index (κ3) is 1.47. The summed E-state index contributed by atoms with van der Waals surface area (Å²) in [6.45, 7) is 0. The molecule has 3 N–H and O–H groups in total. The third-order valence-electron chi connectivity index (χ3n) is 2.47. The summed E-state index contributed by atoms with van der Waals surface area (Å²) in [6, 6.07) is 7.10. The molecule has 1 heterocycles. The zero-order chi connectivity index (χ0) is 11.7. The van der Waals surface area contributed by atoms with Crippen LogP contribution in [-0.2, 0) is 7.05 Å². The lowest BCUT2D eigenvalue weighted by Gasteiger charge is -2.07. The number of aryl methyl sites for hydroxylation is 1. The van der Waals surface area contributed by atoms with Crippen molar-refractivity contribution in [1.29, 1.82) is 0 Å². The number of nitrogen functional groups attached to an aromatic ring is 1. The second-order valence-electron chi connectivity index (χ2n) is 3.47. The molecule has 5 nitrogen and oxygen atoms in total. The van der Waals surface area contributed by atoms with E-state index in [0.717, 1.165) is 5.52 Å². The van der Waals surface area contributed by atoms with Crippen LogP contribution in [0.4, 0.5) is 0 Å². The van der Waals surface area contributed by atoms with Crippen LogP contribution in [0.25, 0.3) is 10.9 Å². The summed E-state index contributed by atoms with van der Waals surface area (Å²) >= 11 is 0. The molecule has 5 heteroatoms. The number of hydrazine groups is 1. The molecule has 0 unspecified atom stereocenters. The summed E-state index contributed by atoms with van der Waals surface area (Å²) in [5, 5.41) is 0.506. The molecule has 0 saturated carbocycles. The van der Waals surface area contributed by atoms with E-state index in [9.17, 15) is 9.59 Å². The van der Waals surface area contributed by atoms with Gasteiger partial charge < -0.3 is 4.57 Å². The van der Waals surface area contributed by atoms with Crippen molar-refractivity contribution in [3.8, 4) is 0 Å². The summed E-state index contributed by atoms with van der Waals surface area (Å²) in [6.07, 6.45) is 1.48. The van der Waals surface area contributed by atoms with E-state index in [1.54, 1.807) is 23.7 Å². The summed E-state index contributed by atoms with van der Waals surface area (Å²) < 4.78 is 1.72. The van der Waals surface area contributed by atoms with Gasteiger partial charge in [-0.1, -0.05) is 12.1 Å². The van der Waals surface area contributed by atoms with Gasteiger partial charge in [-0.05, 0) is 12.1 Å². The smallest absolute Gasteiger partial charge is 0.270 e. The summed E-state index contributed by atoms with van der Waals surface area (Å²) in [7, 11) is 1.77. The maximum Gasteiger partial charge on any atom is 0.270 e. The molecular formula is C11H11N3O2. The van der Waals surface area contributed by atoms with Gasteiger partial charge in [0.15, 0.2) is 0 Å². The lowest BCUT2D eigenvalue weighted by atomic mass is 10.1. The number of benzene rings is 1. The van der Waals surface area contributed by atoms with Gasteiger partial charge in [-0.3, -0.25) is 15.0 Å². The van der Waals surface area contributed by atoms with E-state index in [0.29, 0.717) is 5.39 Å². The molecule has 0 spiro atoms. The number of nitrogens with one attached hydrogen (secondary N) is 1. The molecule has 0 aliphatic heterocycles. The molecule has 82 valence electrons. The van der Waals surface area contributed by atoms with Crippen molar-refractivity contribution < 1.29 is 4.79 Å². The highest BCUT2D eigenvalue weighted by Gasteiger charge is 2.12. The Hall–Kier alpha value is -2.14. The second kappa shape index (κ2) is 3.79. The van der Waals surface area contributed by atoms with Crippen molar-refractivity contribution in [2.24, 2.45) is 12.9 Å². The number of aromatic nitrogens is 1. The first kappa shape index (κ1) is 10.4. The van der Waals surface area contributed by atoms with Crippen molar-refractivity contribution in [2.75, 3.05) is 0 Å². The molecule has 1 aromatic carbocycles. The fourth-order valence-corrected chi connectivity index (χ4v) is 1.68. The molecule has 0 fully saturated rings. The molecule has 2 aromatic rings. The number of para-hydroxylation sites is 1.